The molecule has 6 nitrogen and oxygen atoms in total. The lowest BCUT2D eigenvalue weighted by atomic mass is 10.1. The molecule has 0 bridgehead atoms. The Morgan fingerprint density at radius 1 is 1.38 bits per heavy atom. The Labute approximate surface area is 123 Å². The summed E-state index contributed by atoms with van der Waals surface area (Å²) in [5, 5.41) is 7.16. The number of aromatic nitrogens is 2. The monoisotopic (exact) mass is 307 g/mol. The fourth-order valence-electron chi connectivity index (χ4n) is 2.48. The van der Waals surface area contributed by atoms with Gasteiger partial charge in [-0.3, -0.25) is 0 Å². The molecule has 0 amide bonds. The van der Waals surface area contributed by atoms with E-state index in [9.17, 15) is 8.42 Å². The van der Waals surface area contributed by atoms with Crippen molar-refractivity contribution in [2.45, 2.75) is 19.4 Å². The van der Waals surface area contributed by atoms with Gasteiger partial charge in [0.2, 0.25) is 11.7 Å². The van der Waals surface area contributed by atoms with Gasteiger partial charge in [-0.2, -0.15) is 4.98 Å². The van der Waals surface area contributed by atoms with E-state index >= 15 is 0 Å². The summed E-state index contributed by atoms with van der Waals surface area (Å²) < 4.78 is 28.5. The van der Waals surface area contributed by atoms with Gasteiger partial charge in [0.1, 0.15) is 0 Å². The van der Waals surface area contributed by atoms with Crippen LogP contribution in [0.15, 0.2) is 28.8 Å². The number of rotatable bonds is 3. The minimum absolute atomic E-state index is 0.120. The summed E-state index contributed by atoms with van der Waals surface area (Å²) in [6.07, 6.45) is 0.429. The Hall–Kier alpha value is -1.73. The minimum atomic E-state index is -2.96. The Morgan fingerprint density at radius 2 is 2.19 bits per heavy atom. The lowest BCUT2D eigenvalue weighted by Crippen LogP contribution is -2.46. The lowest BCUT2D eigenvalue weighted by Gasteiger charge is -2.21. The molecule has 1 aliphatic heterocycles. The van der Waals surface area contributed by atoms with Gasteiger partial charge in [-0.15, -0.1) is 0 Å². The summed E-state index contributed by atoms with van der Waals surface area (Å²) >= 11 is 0. The van der Waals surface area contributed by atoms with Crippen LogP contribution in [0.4, 0.5) is 0 Å². The van der Waals surface area contributed by atoms with Gasteiger partial charge in [0.15, 0.2) is 9.84 Å². The van der Waals surface area contributed by atoms with Crippen molar-refractivity contribution in [1.82, 2.24) is 15.5 Å². The topological polar surface area (TPSA) is 85.1 Å². The standard InChI is InChI=1S/C14H17N3O3S/c1-10-4-2-3-5-12(10)14-16-13(20-17-14)8-11-9-21(18,19)7-6-15-11/h2-5,11,15H,6-9H2,1H3. The third-order valence-corrected chi connectivity index (χ3v) is 5.31. The number of nitrogens with one attached hydrogen (secondary N) is 1. The second-order valence-electron chi connectivity index (χ2n) is 5.30. The average Bonchev–Trinajstić information content (AvgIpc) is 2.86. The first kappa shape index (κ1) is 14.2. The Balaban J connectivity index is 1.75. The molecular weight excluding hydrogens is 290 g/mol. The average molecular weight is 307 g/mol. The molecular formula is C14H17N3O3S. The van der Waals surface area contributed by atoms with E-state index in [-0.39, 0.29) is 17.5 Å². The van der Waals surface area contributed by atoms with Crippen molar-refractivity contribution < 1.29 is 12.9 Å². The van der Waals surface area contributed by atoms with Crippen LogP contribution in [0.5, 0.6) is 0 Å². The van der Waals surface area contributed by atoms with Crippen LogP contribution in [0, 0.1) is 6.92 Å². The SMILES string of the molecule is Cc1ccccc1-c1noc(CC2CS(=O)(=O)CCN2)n1. The summed E-state index contributed by atoms with van der Waals surface area (Å²) in [5.41, 5.74) is 2.00. The first-order valence-corrected chi connectivity index (χ1v) is 8.68. The molecule has 2 aromatic rings. The summed E-state index contributed by atoms with van der Waals surface area (Å²) in [5.74, 6) is 1.32. The Morgan fingerprint density at radius 3 is 2.95 bits per heavy atom. The molecule has 3 rings (SSSR count). The summed E-state index contributed by atoms with van der Waals surface area (Å²) in [4.78, 5) is 4.37. The van der Waals surface area contributed by atoms with E-state index in [1.165, 1.54) is 0 Å². The van der Waals surface area contributed by atoms with Crippen molar-refractivity contribution in [2.75, 3.05) is 18.1 Å². The molecule has 2 heterocycles. The summed E-state index contributed by atoms with van der Waals surface area (Å²) in [6, 6.07) is 7.65. The van der Waals surface area contributed by atoms with Gasteiger partial charge in [-0.1, -0.05) is 29.4 Å². The van der Waals surface area contributed by atoms with E-state index < -0.39 is 9.84 Å². The molecule has 1 N–H and O–H groups in total. The molecule has 1 unspecified atom stereocenters. The van der Waals surface area contributed by atoms with Gasteiger partial charge >= 0.3 is 0 Å². The van der Waals surface area contributed by atoms with Crippen molar-refractivity contribution >= 4 is 9.84 Å². The highest BCUT2D eigenvalue weighted by atomic mass is 32.2. The van der Waals surface area contributed by atoms with E-state index in [1.54, 1.807) is 0 Å². The van der Waals surface area contributed by atoms with Crippen LogP contribution in [0.25, 0.3) is 11.4 Å². The van der Waals surface area contributed by atoms with Crippen molar-refractivity contribution in [3.63, 3.8) is 0 Å². The number of sulfone groups is 1. The van der Waals surface area contributed by atoms with E-state index in [4.69, 9.17) is 4.52 Å². The first-order chi connectivity index (χ1) is 10.0. The maximum atomic E-state index is 11.6. The number of hydrogen-bond acceptors (Lipinski definition) is 6. The number of benzene rings is 1. The smallest absolute Gasteiger partial charge is 0.228 e. The van der Waals surface area contributed by atoms with Crippen LogP contribution < -0.4 is 5.32 Å². The molecule has 7 heteroatoms. The molecule has 0 aliphatic carbocycles. The second-order valence-corrected chi connectivity index (χ2v) is 7.52. The van der Waals surface area contributed by atoms with Gasteiger partial charge in [0, 0.05) is 24.6 Å². The zero-order valence-electron chi connectivity index (χ0n) is 11.7. The molecule has 1 aromatic heterocycles. The minimum Gasteiger partial charge on any atom is -0.339 e. The lowest BCUT2D eigenvalue weighted by molar-refractivity contribution is 0.361. The van der Waals surface area contributed by atoms with Crippen molar-refractivity contribution in [3.8, 4) is 11.4 Å². The highest BCUT2D eigenvalue weighted by Crippen LogP contribution is 2.20. The molecule has 112 valence electrons. The predicted molar refractivity (Wildman–Crippen MR) is 78.6 cm³/mol. The van der Waals surface area contributed by atoms with Crippen LogP contribution in [0.1, 0.15) is 11.5 Å². The highest BCUT2D eigenvalue weighted by molar-refractivity contribution is 7.91. The maximum absolute atomic E-state index is 11.6. The fourth-order valence-corrected chi connectivity index (χ4v) is 3.92. The zero-order chi connectivity index (χ0) is 14.9. The number of aryl methyl sites for hydroxylation is 1. The first-order valence-electron chi connectivity index (χ1n) is 6.86. The van der Waals surface area contributed by atoms with Gasteiger partial charge < -0.3 is 9.84 Å². The van der Waals surface area contributed by atoms with Crippen molar-refractivity contribution in [2.24, 2.45) is 0 Å². The Kier molecular flexibility index (Phi) is 3.77. The van der Waals surface area contributed by atoms with E-state index in [0.717, 1.165) is 11.1 Å². The third kappa shape index (κ3) is 3.30. The quantitative estimate of drug-likeness (QED) is 0.909. The maximum Gasteiger partial charge on any atom is 0.228 e. The molecule has 1 aliphatic rings. The van der Waals surface area contributed by atoms with Crippen molar-refractivity contribution in [1.29, 1.82) is 0 Å². The number of hydrogen-bond donors (Lipinski definition) is 1. The van der Waals surface area contributed by atoms with Gasteiger partial charge in [-0.25, -0.2) is 8.42 Å². The molecule has 1 atom stereocenters. The highest BCUT2D eigenvalue weighted by Gasteiger charge is 2.26. The fraction of sp³-hybridized carbons (Fsp3) is 0.429. The molecule has 0 spiro atoms. The van der Waals surface area contributed by atoms with Gasteiger partial charge in [0.05, 0.1) is 11.5 Å². The molecule has 0 saturated carbocycles. The zero-order valence-corrected chi connectivity index (χ0v) is 12.6. The molecule has 1 fully saturated rings. The van der Waals surface area contributed by atoms with Gasteiger partial charge in [-0.05, 0) is 12.5 Å². The summed E-state index contributed by atoms with van der Waals surface area (Å²) in [6.45, 7) is 2.46. The predicted octanol–water partition coefficient (Wildman–Crippen LogP) is 0.974. The Bertz CT molecular complexity index is 739. The molecule has 1 aromatic carbocycles. The molecule has 1 saturated heterocycles. The van der Waals surface area contributed by atoms with Crippen LogP contribution in [0.3, 0.4) is 0 Å². The van der Waals surface area contributed by atoms with E-state index in [0.29, 0.717) is 24.7 Å². The van der Waals surface area contributed by atoms with Crippen LogP contribution in [-0.2, 0) is 16.3 Å². The van der Waals surface area contributed by atoms with Crippen LogP contribution in [-0.4, -0.2) is 42.7 Å². The van der Waals surface area contributed by atoms with Gasteiger partial charge in [0.25, 0.3) is 0 Å². The van der Waals surface area contributed by atoms with Crippen molar-refractivity contribution in [3.05, 3.63) is 35.7 Å². The molecule has 21 heavy (non-hydrogen) atoms. The third-order valence-electron chi connectivity index (χ3n) is 3.58. The number of nitrogens with zero attached hydrogens (tertiary/aromatic N) is 2. The summed E-state index contributed by atoms with van der Waals surface area (Å²) in [7, 11) is -2.96. The largest absolute Gasteiger partial charge is 0.339 e. The van der Waals surface area contributed by atoms with Crippen LogP contribution >= 0.6 is 0 Å². The van der Waals surface area contributed by atoms with E-state index in [1.807, 2.05) is 31.2 Å². The second kappa shape index (κ2) is 5.57. The molecule has 0 radical (unpaired) electrons. The van der Waals surface area contributed by atoms with Crippen LogP contribution in [0.2, 0.25) is 0 Å². The van der Waals surface area contributed by atoms with E-state index in [2.05, 4.69) is 15.5 Å². The normalized spacial score (nSPS) is 21.3.